The van der Waals surface area contributed by atoms with E-state index in [0.29, 0.717) is 5.92 Å². The number of nitrogens with two attached hydrogens (primary N) is 1. The summed E-state index contributed by atoms with van der Waals surface area (Å²) in [7, 11) is 2.13. The zero-order valence-corrected chi connectivity index (χ0v) is 9.98. The maximum absolute atomic E-state index is 11.3. The first-order chi connectivity index (χ1) is 7.08. The Morgan fingerprint density at radius 3 is 2.67 bits per heavy atom. The second-order valence-corrected chi connectivity index (χ2v) is 4.72. The molecule has 1 aliphatic rings. The van der Waals surface area contributed by atoms with E-state index >= 15 is 0 Å². The third-order valence-electron chi connectivity index (χ3n) is 2.76. The van der Waals surface area contributed by atoms with Gasteiger partial charge in [0.05, 0.1) is 11.4 Å². The van der Waals surface area contributed by atoms with Crippen LogP contribution in [-0.2, 0) is 4.79 Å². The van der Waals surface area contributed by atoms with Crippen LogP contribution in [0.2, 0.25) is 0 Å². The molecule has 0 aliphatic carbocycles. The van der Waals surface area contributed by atoms with Crippen LogP contribution >= 0.6 is 12.2 Å². The average molecular weight is 229 g/mol. The fourth-order valence-electron chi connectivity index (χ4n) is 1.75. The summed E-state index contributed by atoms with van der Waals surface area (Å²) < 4.78 is 0. The van der Waals surface area contributed by atoms with Gasteiger partial charge in [0.1, 0.15) is 0 Å². The van der Waals surface area contributed by atoms with Crippen LogP contribution < -0.4 is 11.1 Å². The van der Waals surface area contributed by atoms with E-state index in [4.69, 9.17) is 5.73 Å². The van der Waals surface area contributed by atoms with E-state index in [9.17, 15) is 4.79 Å². The van der Waals surface area contributed by atoms with Crippen molar-refractivity contribution in [3.05, 3.63) is 0 Å². The molecule has 0 radical (unpaired) electrons. The number of hydrogen-bond donors (Lipinski definition) is 2. The largest absolute Gasteiger partial charge is 0.393 e. The molecule has 3 N–H and O–H groups in total. The normalized spacial score (nSPS) is 18.7. The van der Waals surface area contributed by atoms with Crippen LogP contribution in [0.25, 0.3) is 0 Å². The average Bonchev–Trinajstić information content (AvgIpc) is 2.16. The molecule has 0 bridgehead atoms. The van der Waals surface area contributed by atoms with E-state index in [1.165, 1.54) is 0 Å². The maximum Gasteiger partial charge on any atom is 0.226 e. The van der Waals surface area contributed by atoms with Crippen molar-refractivity contribution in [3.63, 3.8) is 0 Å². The quantitative estimate of drug-likeness (QED) is 0.672. The standard InChI is InChI=1S/C10H19N3OS/c1-13-4-2-8(3-5-13)7-12-10(14)6-9(11)15/h8H,2-7H2,1H3,(H2,11,15)(H,12,14). The molecule has 0 spiro atoms. The lowest BCUT2D eigenvalue weighted by atomic mass is 9.97. The van der Waals surface area contributed by atoms with E-state index in [1.807, 2.05) is 0 Å². The molecule has 1 amide bonds. The summed E-state index contributed by atoms with van der Waals surface area (Å²) in [6, 6.07) is 0. The molecule has 0 aromatic carbocycles. The predicted molar refractivity (Wildman–Crippen MR) is 64.6 cm³/mol. The van der Waals surface area contributed by atoms with E-state index in [1.54, 1.807) is 0 Å². The molecule has 0 aromatic heterocycles. The highest BCUT2D eigenvalue weighted by atomic mass is 32.1. The van der Waals surface area contributed by atoms with Crippen molar-refractivity contribution in [2.24, 2.45) is 11.7 Å². The minimum atomic E-state index is -0.0542. The first-order valence-corrected chi connectivity index (χ1v) is 5.72. The van der Waals surface area contributed by atoms with Crippen LogP contribution in [0.15, 0.2) is 0 Å². The second-order valence-electron chi connectivity index (χ2n) is 4.19. The molecule has 0 unspecified atom stereocenters. The van der Waals surface area contributed by atoms with Crippen LogP contribution in [0, 0.1) is 5.92 Å². The van der Waals surface area contributed by atoms with Gasteiger partial charge in [0, 0.05) is 6.54 Å². The lowest BCUT2D eigenvalue weighted by Gasteiger charge is -2.28. The molecule has 1 heterocycles. The third-order valence-corrected chi connectivity index (χ3v) is 2.91. The summed E-state index contributed by atoms with van der Waals surface area (Å²) in [6.45, 7) is 3.00. The highest BCUT2D eigenvalue weighted by Crippen LogP contribution is 2.14. The number of nitrogens with one attached hydrogen (secondary N) is 1. The Morgan fingerprint density at radius 2 is 2.13 bits per heavy atom. The van der Waals surface area contributed by atoms with Gasteiger partial charge in [-0.2, -0.15) is 0 Å². The Balaban J connectivity index is 2.14. The Labute approximate surface area is 96.2 Å². The van der Waals surface area contributed by atoms with Crippen LogP contribution in [0.4, 0.5) is 0 Å². The van der Waals surface area contributed by atoms with Gasteiger partial charge in [0.15, 0.2) is 0 Å². The van der Waals surface area contributed by atoms with Crippen LogP contribution in [0.3, 0.4) is 0 Å². The number of amides is 1. The van der Waals surface area contributed by atoms with Crippen LogP contribution in [-0.4, -0.2) is 42.5 Å². The summed E-state index contributed by atoms with van der Waals surface area (Å²) >= 11 is 4.67. The van der Waals surface area contributed by atoms with Gasteiger partial charge >= 0.3 is 0 Å². The molecule has 0 aromatic rings. The molecule has 86 valence electrons. The van der Waals surface area contributed by atoms with Crippen LogP contribution in [0.5, 0.6) is 0 Å². The third kappa shape index (κ3) is 5.09. The van der Waals surface area contributed by atoms with Crippen molar-refractivity contribution >= 4 is 23.1 Å². The lowest BCUT2D eigenvalue weighted by molar-refractivity contribution is -0.120. The van der Waals surface area contributed by atoms with E-state index in [2.05, 4.69) is 29.5 Å². The lowest BCUT2D eigenvalue weighted by Crippen LogP contribution is -2.37. The monoisotopic (exact) mass is 229 g/mol. The summed E-state index contributed by atoms with van der Waals surface area (Å²) in [6.07, 6.45) is 2.48. The summed E-state index contributed by atoms with van der Waals surface area (Å²) in [5, 5.41) is 2.87. The van der Waals surface area contributed by atoms with Crippen molar-refractivity contribution in [2.45, 2.75) is 19.3 Å². The molecule has 5 heteroatoms. The second kappa shape index (κ2) is 6.02. The molecule has 15 heavy (non-hydrogen) atoms. The molecular formula is C10H19N3OS. The predicted octanol–water partition coefficient (Wildman–Crippen LogP) is 0.121. The minimum Gasteiger partial charge on any atom is -0.393 e. The number of piperidine rings is 1. The molecule has 0 atom stereocenters. The van der Waals surface area contributed by atoms with Crippen molar-refractivity contribution in [1.29, 1.82) is 0 Å². The van der Waals surface area contributed by atoms with Gasteiger partial charge in [-0.15, -0.1) is 0 Å². The summed E-state index contributed by atoms with van der Waals surface area (Å²) in [5.41, 5.74) is 5.28. The minimum absolute atomic E-state index is 0.0542. The molecule has 1 fully saturated rings. The van der Waals surface area contributed by atoms with E-state index in [0.717, 1.165) is 32.5 Å². The molecule has 1 rings (SSSR count). The van der Waals surface area contributed by atoms with Gasteiger partial charge in [-0.25, -0.2) is 0 Å². The Hall–Kier alpha value is -0.680. The number of rotatable bonds is 4. The van der Waals surface area contributed by atoms with Gasteiger partial charge in [0.25, 0.3) is 0 Å². The van der Waals surface area contributed by atoms with E-state index < -0.39 is 0 Å². The Bertz CT molecular complexity index is 237. The number of likely N-dealkylation sites (tertiary alicyclic amines) is 1. The number of carbonyl (C=O) groups excluding carboxylic acids is 1. The van der Waals surface area contributed by atoms with Crippen molar-refractivity contribution < 1.29 is 4.79 Å². The Kier molecular flexibility index (Phi) is 4.98. The molecule has 4 nitrogen and oxygen atoms in total. The number of hydrogen-bond acceptors (Lipinski definition) is 3. The van der Waals surface area contributed by atoms with Gasteiger partial charge < -0.3 is 16.0 Å². The maximum atomic E-state index is 11.3. The van der Waals surface area contributed by atoms with Gasteiger partial charge in [-0.05, 0) is 38.9 Å². The van der Waals surface area contributed by atoms with Gasteiger partial charge in [-0.3, -0.25) is 4.79 Å². The van der Waals surface area contributed by atoms with Crippen molar-refractivity contribution in [2.75, 3.05) is 26.7 Å². The van der Waals surface area contributed by atoms with Crippen LogP contribution in [0.1, 0.15) is 19.3 Å². The molecule has 1 aliphatic heterocycles. The molecular weight excluding hydrogens is 210 g/mol. The first-order valence-electron chi connectivity index (χ1n) is 5.31. The summed E-state index contributed by atoms with van der Waals surface area (Å²) in [5.74, 6) is 0.554. The number of carbonyl (C=O) groups is 1. The zero-order valence-electron chi connectivity index (χ0n) is 9.16. The number of thiocarbonyl (C=S) groups is 1. The van der Waals surface area contributed by atoms with E-state index in [-0.39, 0.29) is 17.3 Å². The van der Waals surface area contributed by atoms with Gasteiger partial charge in [0.2, 0.25) is 5.91 Å². The molecule has 1 saturated heterocycles. The summed E-state index contributed by atoms with van der Waals surface area (Å²) in [4.78, 5) is 13.8. The smallest absolute Gasteiger partial charge is 0.226 e. The zero-order chi connectivity index (χ0) is 11.3. The Morgan fingerprint density at radius 1 is 1.53 bits per heavy atom. The first kappa shape index (κ1) is 12.4. The fraction of sp³-hybridized carbons (Fsp3) is 0.800. The topological polar surface area (TPSA) is 58.4 Å². The SMILES string of the molecule is CN1CCC(CNC(=O)CC(N)=S)CC1. The fourth-order valence-corrected chi connectivity index (χ4v) is 1.88. The molecule has 0 saturated carbocycles. The number of nitrogens with zero attached hydrogens (tertiary/aromatic N) is 1. The van der Waals surface area contributed by atoms with Crippen molar-refractivity contribution in [3.8, 4) is 0 Å². The highest BCUT2D eigenvalue weighted by molar-refractivity contribution is 7.80. The van der Waals surface area contributed by atoms with Crippen molar-refractivity contribution in [1.82, 2.24) is 10.2 Å². The van der Waals surface area contributed by atoms with Gasteiger partial charge in [-0.1, -0.05) is 12.2 Å². The highest BCUT2D eigenvalue weighted by Gasteiger charge is 2.17.